The molecule has 1 aliphatic carbocycles. The van der Waals surface area contributed by atoms with Gasteiger partial charge in [0.2, 0.25) is 0 Å². The second-order valence-corrected chi connectivity index (χ2v) is 9.99. The molecule has 4 aromatic carbocycles. The van der Waals surface area contributed by atoms with Crippen LogP contribution in [0.4, 0.5) is 0 Å². The van der Waals surface area contributed by atoms with Crippen LogP contribution in [0.2, 0.25) is 20.1 Å². The Kier molecular flexibility index (Phi) is 8.00. The number of fused-ring (bicyclic) bond motifs is 1. The molecular weight excluding hydrogens is 582 g/mol. The summed E-state index contributed by atoms with van der Waals surface area (Å²) in [5, 5.41) is 9.54. The Balaban J connectivity index is 1.53. The largest absolute Gasteiger partial charge is 0.365 e. The molecule has 0 aromatic heterocycles. The van der Waals surface area contributed by atoms with Crippen molar-refractivity contribution in [3.05, 3.63) is 139 Å². The van der Waals surface area contributed by atoms with Crippen molar-refractivity contribution in [2.75, 3.05) is 0 Å². The van der Waals surface area contributed by atoms with Crippen LogP contribution in [0.15, 0.2) is 101 Å². The van der Waals surface area contributed by atoms with Gasteiger partial charge < -0.3 is 9.68 Å². The second kappa shape index (κ2) is 11.6. The smallest absolute Gasteiger partial charge is 0.312 e. The Bertz CT molecular complexity index is 1550. The third kappa shape index (κ3) is 5.70. The lowest BCUT2D eigenvalue weighted by Gasteiger charge is -2.13. The van der Waals surface area contributed by atoms with E-state index in [1.165, 1.54) is 36.4 Å². The molecule has 0 radical (unpaired) electrons. The van der Waals surface area contributed by atoms with E-state index in [-0.39, 0.29) is 21.2 Å². The first-order valence-electron chi connectivity index (χ1n) is 11.5. The molecule has 0 aliphatic heterocycles. The Morgan fingerprint density at radius 2 is 1.00 bits per heavy atom. The van der Waals surface area contributed by atoms with Crippen molar-refractivity contribution in [3.63, 3.8) is 0 Å². The molecule has 0 N–H and O–H groups in total. The Morgan fingerprint density at radius 3 is 1.44 bits per heavy atom. The van der Waals surface area contributed by atoms with Gasteiger partial charge in [-0.2, -0.15) is 0 Å². The maximum Gasteiger partial charge on any atom is 0.365 e. The molecule has 0 atom stereocenters. The van der Waals surface area contributed by atoms with Gasteiger partial charge in [-0.1, -0.05) is 111 Å². The lowest BCUT2D eigenvalue weighted by atomic mass is 9.93. The standard InChI is InChI=1S/C29H16Cl4N2O4/c30-21-12-10-17(14-23(21)32)28(36)38-34-26-19-8-4-5-9-20(19)27(25(26)16-6-2-1-3-7-16)35-39-29(37)18-11-13-22(31)24(33)15-18/h1-15,25H/b34-26+,35-27+. The zero-order valence-electron chi connectivity index (χ0n) is 19.8. The van der Waals surface area contributed by atoms with E-state index >= 15 is 0 Å². The second-order valence-electron chi connectivity index (χ2n) is 8.36. The predicted molar refractivity (Wildman–Crippen MR) is 152 cm³/mol. The van der Waals surface area contributed by atoms with Crippen LogP contribution in [-0.2, 0) is 9.68 Å². The Morgan fingerprint density at radius 1 is 0.564 bits per heavy atom. The molecule has 39 heavy (non-hydrogen) atoms. The number of benzene rings is 4. The number of carbonyl (C=O) groups excluding carboxylic acids is 2. The average molecular weight is 598 g/mol. The van der Waals surface area contributed by atoms with E-state index in [1.807, 2.05) is 54.6 Å². The van der Waals surface area contributed by atoms with Gasteiger partial charge in [-0.15, -0.1) is 0 Å². The highest BCUT2D eigenvalue weighted by atomic mass is 35.5. The molecule has 0 unspecified atom stereocenters. The molecule has 6 nitrogen and oxygen atoms in total. The van der Waals surface area contributed by atoms with E-state index in [0.29, 0.717) is 32.6 Å². The van der Waals surface area contributed by atoms with Gasteiger partial charge in [-0.25, -0.2) is 9.59 Å². The third-order valence-electron chi connectivity index (χ3n) is 5.92. The minimum atomic E-state index is -0.721. The molecule has 5 rings (SSSR count). The topological polar surface area (TPSA) is 77.3 Å². The van der Waals surface area contributed by atoms with E-state index in [2.05, 4.69) is 10.3 Å². The molecule has 0 spiro atoms. The minimum Gasteiger partial charge on any atom is -0.312 e. The number of oxime groups is 2. The van der Waals surface area contributed by atoms with Gasteiger partial charge in [0.15, 0.2) is 0 Å². The van der Waals surface area contributed by atoms with E-state index in [9.17, 15) is 9.59 Å². The zero-order valence-corrected chi connectivity index (χ0v) is 22.8. The number of hydrogen-bond acceptors (Lipinski definition) is 6. The predicted octanol–water partition coefficient (Wildman–Crippen LogP) is 8.22. The first kappa shape index (κ1) is 26.9. The maximum absolute atomic E-state index is 12.8. The van der Waals surface area contributed by atoms with Gasteiger partial charge >= 0.3 is 11.9 Å². The van der Waals surface area contributed by atoms with Crippen molar-refractivity contribution < 1.29 is 19.3 Å². The van der Waals surface area contributed by atoms with Gasteiger partial charge in [0.25, 0.3) is 0 Å². The summed E-state index contributed by atoms with van der Waals surface area (Å²) >= 11 is 24.0. The fourth-order valence-electron chi connectivity index (χ4n) is 4.07. The molecular formula is C29H16Cl4N2O4. The third-order valence-corrected chi connectivity index (χ3v) is 7.40. The Hall–Kier alpha value is -3.68. The van der Waals surface area contributed by atoms with Gasteiger partial charge in [-0.3, -0.25) is 0 Å². The summed E-state index contributed by atoms with van der Waals surface area (Å²) in [6.07, 6.45) is 0. The summed E-state index contributed by atoms with van der Waals surface area (Å²) < 4.78 is 0. The van der Waals surface area contributed by atoms with Gasteiger partial charge in [0.05, 0.1) is 37.1 Å². The van der Waals surface area contributed by atoms with Crippen LogP contribution in [0, 0.1) is 0 Å². The van der Waals surface area contributed by atoms with Crippen LogP contribution in [0.5, 0.6) is 0 Å². The molecule has 4 aromatic rings. The highest BCUT2D eigenvalue weighted by Crippen LogP contribution is 2.36. The summed E-state index contributed by atoms with van der Waals surface area (Å²) in [5.41, 5.74) is 3.31. The molecule has 0 fully saturated rings. The first-order chi connectivity index (χ1) is 18.8. The Labute approximate surface area is 243 Å². The molecule has 194 valence electrons. The monoisotopic (exact) mass is 596 g/mol. The van der Waals surface area contributed by atoms with Crippen LogP contribution in [0.3, 0.4) is 0 Å². The lowest BCUT2D eigenvalue weighted by molar-refractivity contribution is 0.0510. The molecule has 10 heteroatoms. The average Bonchev–Trinajstić information content (AvgIpc) is 3.27. The summed E-state index contributed by atoms with van der Waals surface area (Å²) in [5.74, 6) is -2.05. The zero-order chi connectivity index (χ0) is 27.5. The number of halogens is 4. The van der Waals surface area contributed by atoms with Crippen LogP contribution >= 0.6 is 46.4 Å². The lowest BCUT2D eigenvalue weighted by Crippen LogP contribution is -2.17. The maximum atomic E-state index is 12.8. The van der Waals surface area contributed by atoms with E-state index in [0.717, 1.165) is 5.56 Å². The minimum absolute atomic E-state index is 0.181. The normalized spacial score (nSPS) is 14.9. The van der Waals surface area contributed by atoms with E-state index < -0.39 is 17.9 Å². The van der Waals surface area contributed by atoms with Crippen molar-refractivity contribution in [1.29, 1.82) is 0 Å². The summed E-state index contributed by atoms with van der Waals surface area (Å²) in [4.78, 5) is 36.2. The molecule has 0 saturated heterocycles. The van der Waals surface area contributed by atoms with E-state index in [1.54, 1.807) is 0 Å². The van der Waals surface area contributed by atoms with Crippen molar-refractivity contribution >= 4 is 69.8 Å². The summed E-state index contributed by atoms with van der Waals surface area (Å²) in [7, 11) is 0. The molecule has 0 saturated carbocycles. The number of hydrogen-bond donors (Lipinski definition) is 0. The highest BCUT2D eigenvalue weighted by Gasteiger charge is 2.38. The van der Waals surface area contributed by atoms with Gasteiger partial charge in [-0.05, 0) is 42.0 Å². The van der Waals surface area contributed by atoms with Crippen molar-refractivity contribution in [2.24, 2.45) is 10.3 Å². The van der Waals surface area contributed by atoms with Crippen LogP contribution in [0.25, 0.3) is 0 Å². The van der Waals surface area contributed by atoms with Gasteiger partial charge in [0, 0.05) is 11.1 Å². The van der Waals surface area contributed by atoms with Crippen molar-refractivity contribution in [3.8, 4) is 0 Å². The number of rotatable bonds is 5. The fourth-order valence-corrected chi connectivity index (χ4v) is 4.66. The fraction of sp³-hybridized carbons (Fsp3) is 0.0345. The van der Waals surface area contributed by atoms with Crippen molar-refractivity contribution in [2.45, 2.75) is 5.92 Å². The van der Waals surface area contributed by atoms with Crippen LogP contribution in [-0.4, -0.2) is 23.4 Å². The van der Waals surface area contributed by atoms with Gasteiger partial charge in [0.1, 0.15) is 11.4 Å². The molecule has 0 amide bonds. The SMILES string of the molecule is O=C(O/N=C1\c2ccccc2/C(=N\OC(=O)c2ccc(Cl)c(Cl)c2)C1c1ccccc1)c1ccc(Cl)c(Cl)c1. The highest BCUT2D eigenvalue weighted by molar-refractivity contribution is 6.42. The molecule has 1 aliphatic rings. The van der Waals surface area contributed by atoms with Crippen LogP contribution in [0.1, 0.15) is 43.3 Å². The first-order valence-corrected chi connectivity index (χ1v) is 13.0. The summed E-state index contributed by atoms with van der Waals surface area (Å²) in [6.45, 7) is 0. The van der Waals surface area contributed by atoms with E-state index in [4.69, 9.17) is 56.1 Å². The summed E-state index contributed by atoms with van der Waals surface area (Å²) in [6, 6.07) is 25.4. The molecule has 0 bridgehead atoms. The quantitative estimate of drug-likeness (QED) is 0.171. The van der Waals surface area contributed by atoms with Crippen LogP contribution < -0.4 is 0 Å². The molecule has 0 heterocycles. The van der Waals surface area contributed by atoms with Crippen molar-refractivity contribution in [1.82, 2.24) is 0 Å². The number of nitrogens with zero attached hydrogens (tertiary/aromatic N) is 2. The number of carbonyl (C=O) groups is 2.